The molecule has 0 bridgehead atoms. The highest BCUT2D eigenvalue weighted by Gasteiger charge is 2.38. The van der Waals surface area contributed by atoms with Crippen molar-refractivity contribution in [2.45, 2.75) is 37.8 Å². The summed E-state index contributed by atoms with van der Waals surface area (Å²) in [6.45, 7) is 8.17. The van der Waals surface area contributed by atoms with E-state index in [4.69, 9.17) is 5.73 Å². The number of likely N-dealkylation sites (N-methyl/N-ethyl adjacent to an activating group) is 1. The summed E-state index contributed by atoms with van der Waals surface area (Å²) in [5, 5.41) is 4.02. The second-order valence-electron chi connectivity index (χ2n) is 5.81. The minimum atomic E-state index is -3.58. The summed E-state index contributed by atoms with van der Waals surface area (Å²) in [7, 11) is -1.57. The molecule has 0 spiro atoms. The van der Waals surface area contributed by atoms with Crippen LogP contribution in [0, 0.1) is 0 Å². The lowest BCUT2D eigenvalue weighted by molar-refractivity contribution is 0.0802. The molecule has 1 aromatic heterocycles. The minimum Gasteiger partial charge on any atom is -0.381 e. The Kier molecular flexibility index (Phi) is 3.83. The zero-order valence-corrected chi connectivity index (χ0v) is 13.3. The number of nitrogens with two attached hydrogens (primary N) is 1. The second kappa shape index (κ2) is 5.01. The van der Waals surface area contributed by atoms with E-state index >= 15 is 0 Å². The molecule has 2 rings (SSSR count). The van der Waals surface area contributed by atoms with Crippen LogP contribution in [0.25, 0.3) is 0 Å². The number of aryl methyl sites for hydroxylation is 1. The number of nitrogen functional groups attached to an aromatic ring is 1. The Morgan fingerprint density at radius 3 is 2.55 bits per heavy atom. The first-order valence-electron chi connectivity index (χ1n) is 6.73. The fourth-order valence-corrected chi connectivity index (χ4v) is 3.96. The summed E-state index contributed by atoms with van der Waals surface area (Å²) in [6.07, 6.45) is 1.51. The average molecular weight is 301 g/mol. The van der Waals surface area contributed by atoms with Crippen molar-refractivity contribution in [2.75, 3.05) is 32.4 Å². The summed E-state index contributed by atoms with van der Waals surface area (Å²) >= 11 is 0. The van der Waals surface area contributed by atoms with Crippen molar-refractivity contribution < 1.29 is 8.42 Å². The van der Waals surface area contributed by atoms with Crippen molar-refractivity contribution in [1.29, 1.82) is 0 Å². The lowest BCUT2D eigenvalue weighted by Crippen LogP contribution is -2.58. The lowest BCUT2D eigenvalue weighted by atomic mass is 10.0. The van der Waals surface area contributed by atoms with Gasteiger partial charge < -0.3 is 5.73 Å². The van der Waals surface area contributed by atoms with Crippen molar-refractivity contribution in [3.8, 4) is 0 Å². The lowest BCUT2D eigenvalue weighted by Gasteiger charge is -2.44. The van der Waals surface area contributed by atoms with Crippen molar-refractivity contribution in [1.82, 2.24) is 19.0 Å². The normalized spacial score (nSPS) is 21.2. The van der Waals surface area contributed by atoms with Crippen LogP contribution in [0.1, 0.15) is 20.8 Å². The number of rotatable bonds is 3. The standard InChI is InChI=1S/C12H23N5O2S/c1-5-16-8-10(11(13)14-16)20(18,19)17-7-6-15(4)12(2,3)9-17/h8H,5-7,9H2,1-4H3,(H2,13,14). The van der Waals surface area contributed by atoms with Gasteiger partial charge in [-0.2, -0.15) is 9.40 Å². The van der Waals surface area contributed by atoms with E-state index in [1.54, 1.807) is 4.68 Å². The van der Waals surface area contributed by atoms with Crippen LogP contribution in [0.2, 0.25) is 0 Å². The van der Waals surface area contributed by atoms with Crippen molar-refractivity contribution in [3.63, 3.8) is 0 Å². The van der Waals surface area contributed by atoms with Crippen molar-refractivity contribution in [2.24, 2.45) is 0 Å². The Bertz CT molecular complexity index is 593. The summed E-state index contributed by atoms with van der Waals surface area (Å²) in [5.74, 6) is 0.0728. The van der Waals surface area contributed by atoms with E-state index in [1.165, 1.54) is 10.5 Å². The minimum absolute atomic E-state index is 0.0728. The van der Waals surface area contributed by atoms with E-state index in [0.29, 0.717) is 26.2 Å². The molecule has 1 aliphatic rings. The molecular weight excluding hydrogens is 278 g/mol. The van der Waals surface area contributed by atoms with Gasteiger partial charge in [0.1, 0.15) is 4.90 Å². The summed E-state index contributed by atoms with van der Waals surface area (Å²) in [5.41, 5.74) is 5.56. The van der Waals surface area contributed by atoms with E-state index < -0.39 is 10.0 Å². The van der Waals surface area contributed by atoms with Crippen LogP contribution in [0.3, 0.4) is 0 Å². The van der Waals surface area contributed by atoms with Crippen LogP contribution in [0.4, 0.5) is 5.82 Å². The van der Waals surface area contributed by atoms with Crippen LogP contribution in [0.5, 0.6) is 0 Å². The molecule has 7 nitrogen and oxygen atoms in total. The number of hydrogen-bond acceptors (Lipinski definition) is 5. The first-order valence-corrected chi connectivity index (χ1v) is 8.17. The third-order valence-corrected chi connectivity index (χ3v) is 5.84. The maximum absolute atomic E-state index is 12.7. The van der Waals surface area contributed by atoms with Crippen molar-refractivity contribution >= 4 is 15.8 Å². The maximum atomic E-state index is 12.7. The van der Waals surface area contributed by atoms with Gasteiger partial charge in [0.05, 0.1) is 0 Å². The predicted molar refractivity (Wildman–Crippen MR) is 77.8 cm³/mol. The van der Waals surface area contributed by atoms with Crippen LogP contribution in [-0.4, -0.2) is 59.6 Å². The molecule has 0 radical (unpaired) electrons. The fraction of sp³-hybridized carbons (Fsp3) is 0.750. The first-order chi connectivity index (χ1) is 9.18. The van der Waals surface area contributed by atoms with Gasteiger partial charge in [-0.1, -0.05) is 0 Å². The molecule has 114 valence electrons. The van der Waals surface area contributed by atoms with Gasteiger partial charge in [0.2, 0.25) is 10.0 Å². The summed E-state index contributed by atoms with van der Waals surface area (Å²) in [6, 6.07) is 0. The third kappa shape index (κ3) is 2.55. The topological polar surface area (TPSA) is 84.5 Å². The highest BCUT2D eigenvalue weighted by Crippen LogP contribution is 2.27. The Balaban J connectivity index is 2.33. The molecular formula is C12H23N5O2S. The molecule has 0 saturated carbocycles. The van der Waals surface area contributed by atoms with E-state index in [9.17, 15) is 8.42 Å². The molecule has 2 N–H and O–H groups in total. The third-order valence-electron chi connectivity index (χ3n) is 3.98. The smallest absolute Gasteiger partial charge is 0.248 e. The van der Waals surface area contributed by atoms with E-state index in [2.05, 4.69) is 10.00 Å². The maximum Gasteiger partial charge on any atom is 0.248 e. The summed E-state index contributed by atoms with van der Waals surface area (Å²) in [4.78, 5) is 2.28. The Hall–Kier alpha value is -1.12. The molecule has 1 aliphatic heterocycles. The molecule has 2 heterocycles. The zero-order chi connectivity index (χ0) is 15.1. The van der Waals surface area contributed by atoms with Gasteiger partial charge in [0, 0.05) is 37.9 Å². The highest BCUT2D eigenvalue weighted by atomic mass is 32.2. The molecule has 0 aromatic carbocycles. The molecule has 0 aliphatic carbocycles. The van der Waals surface area contributed by atoms with Gasteiger partial charge in [-0.3, -0.25) is 9.58 Å². The van der Waals surface area contributed by atoms with E-state index in [0.717, 1.165) is 0 Å². The number of piperazine rings is 1. The van der Waals surface area contributed by atoms with Gasteiger partial charge in [-0.05, 0) is 27.8 Å². The van der Waals surface area contributed by atoms with Crippen molar-refractivity contribution in [3.05, 3.63) is 6.20 Å². The number of sulfonamides is 1. The van der Waals surface area contributed by atoms with Gasteiger partial charge in [0.15, 0.2) is 5.82 Å². The molecule has 1 aromatic rings. The van der Waals surface area contributed by atoms with Crippen LogP contribution >= 0.6 is 0 Å². The Morgan fingerprint density at radius 1 is 1.40 bits per heavy atom. The fourth-order valence-electron chi connectivity index (χ4n) is 2.32. The molecule has 0 unspecified atom stereocenters. The molecule has 0 amide bonds. The van der Waals surface area contributed by atoms with Crippen LogP contribution in [-0.2, 0) is 16.6 Å². The molecule has 1 fully saturated rings. The van der Waals surface area contributed by atoms with Crippen LogP contribution in [0.15, 0.2) is 11.1 Å². The average Bonchev–Trinajstić information content (AvgIpc) is 2.74. The van der Waals surface area contributed by atoms with E-state index in [1.807, 2.05) is 27.8 Å². The van der Waals surface area contributed by atoms with Gasteiger partial charge >= 0.3 is 0 Å². The second-order valence-corrected chi connectivity index (χ2v) is 7.71. The molecule has 1 saturated heterocycles. The number of nitrogens with zero attached hydrogens (tertiary/aromatic N) is 4. The predicted octanol–water partition coefficient (Wildman–Crippen LogP) is 0.200. The Labute approximate surface area is 120 Å². The molecule has 0 atom stereocenters. The first kappa shape index (κ1) is 15.3. The SMILES string of the molecule is CCn1cc(S(=O)(=O)N2CCN(C)C(C)(C)C2)c(N)n1. The quantitative estimate of drug-likeness (QED) is 0.862. The van der Waals surface area contributed by atoms with Gasteiger partial charge in [-0.15, -0.1) is 0 Å². The number of aromatic nitrogens is 2. The van der Waals surface area contributed by atoms with E-state index in [-0.39, 0.29) is 16.3 Å². The largest absolute Gasteiger partial charge is 0.381 e. The summed E-state index contributed by atoms with van der Waals surface area (Å²) < 4.78 is 28.5. The zero-order valence-electron chi connectivity index (χ0n) is 12.5. The van der Waals surface area contributed by atoms with Crippen LogP contribution < -0.4 is 5.73 Å². The van der Waals surface area contributed by atoms with Gasteiger partial charge in [-0.25, -0.2) is 8.42 Å². The monoisotopic (exact) mass is 301 g/mol. The molecule has 20 heavy (non-hydrogen) atoms. The number of hydrogen-bond donors (Lipinski definition) is 1. The van der Waals surface area contributed by atoms with Gasteiger partial charge in [0.25, 0.3) is 0 Å². The highest BCUT2D eigenvalue weighted by molar-refractivity contribution is 7.89. The number of anilines is 1. The molecule has 8 heteroatoms. The Morgan fingerprint density at radius 2 is 2.05 bits per heavy atom.